The van der Waals surface area contributed by atoms with E-state index in [1.807, 2.05) is 42.5 Å². The molecule has 51 heavy (non-hydrogen) atoms. The number of aromatic hydroxyl groups is 1. The van der Waals surface area contributed by atoms with Crippen LogP contribution in [0.2, 0.25) is 0 Å². The first-order valence-electron chi connectivity index (χ1n) is 16.8. The predicted octanol–water partition coefficient (Wildman–Crippen LogP) is 6.34. The maximum atomic E-state index is 15.1. The number of rotatable bonds is 6. The molecule has 8 rings (SSSR count). The lowest BCUT2D eigenvalue weighted by molar-refractivity contribution is -0.384. The minimum atomic E-state index is -1.44. The number of carbonyl (C=O) groups is 4. The highest BCUT2D eigenvalue weighted by molar-refractivity contribution is 6.32. The average Bonchev–Trinajstić information content (AvgIpc) is 3.41. The van der Waals surface area contributed by atoms with Gasteiger partial charge in [-0.3, -0.25) is 34.2 Å². The molecule has 1 heterocycles. The van der Waals surface area contributed by atoms with Crippen molar-refractivity contribution >= 4 is 40.3 Å². The molecule has 2 amide bonds. The number of phenols is 1. The van der Waals surface area contributed by atoms with Crippen LogP contribution in [0.5, 0.6) is 11.5 Å². The van der Waals surface area contributed by atoms with E-state index in [0.29, 0.717) is 22.4 Å². The number of hydrogen-bond acceptors (Lipinski definition) is 8. The van der Waals surface area contributed by atoms with Gasteiger partial charge < -0.3 is 9.84 Å². The summed E-state index contributed by atoms with van der Waals surface area (Å²) in [5, 5.41) is 21.8. The lowest BCUT2D eigenvalue weighted by atomic mass is 9.44. The Kier molecular flexibility index (Phi) is 7.55. The van der Waals surface area contributed by atoms with Crippen LogP contribution in [0.1, 0.15) is 35.4 Å². The number of hydrogen-bond donors (Lipinski definition) is 1. The number of ketones is 2. The fraction of sp³-hybridized carbons (Fsp3) is 0.220. The highest BCUT2D eigenvalue weighted by atomic mass is 16.6. The summed E-state index contributed by atoms with van der Waals surface area (Å²) in [6, 6.07) is 28.2. The van der Waals surface area contributed by atoms with Gasteiger partial charge in [-0.05, 0) is 54.2 Å². The summed E-state index contributed by atoms with van der Waals surface area (Å²) in [6.07, 6.45) is 3.74. The molecule has 1 aliphatic heterocycles. The van der Waals surface area contributed by atoms with Crippen molar-refractivity contribution in [3.63, 3.8) is 0 Å². The van der Waals surface area contributed by atoms with E-state index in [1.54, 1.807) is 30.3 Å². The molecule has 4 aromatic carbocycles. The molecule has 0 bridgehead atoms. The summed E-state index contributed by atoms with van der Waals surface area (Å²) in [4.78, 5) is 70.6. The summed E-state index contributed by atoms with van der Waals surface area (Å²) in [5.74, 6) is -5.02. The molecule has 0 unspecified atom stereocenters. The SMILES string of the molecule is COc1cc(O)ccc1[C@H]1C2=CC[C@@H]3C(=O)N(c4ccc([N+](=O)[O-])cc4)C(=O)[C@@H]3[C@@H]2C[C@H]2C(=O)C(c3ccccc3)=CC(=O)[C@@]12c1ccccc1. The third kappa shape index (κ3) is 4.70. The van der Waals surface area contributed by atoms with Gasteiger partial charge in [-0.25, -0.2) is 0 Å². The maximum absolute atomic E-state index is 15.1. The van der Waals surface area contributed by atoms with Crippen LogP contribution in [-0.2, 0) is 24.6 Å². The smallest absolute Gasteiger partial charge is 0.269 e. The zero-order valence-corrected chi connectivity index (χ0v) is 27.5. The average molecular weight is 681 g/mol. The molecule has 3 aliphatic carbocycles. The summed E-state index contributed by atoms with van der Waals surface area (Å²) >= 11 is 0. The topological polar surface area (TPSA) is 144 Å². The third-order valence-corrected chi connectivity index (χ3v) is 11.2. The quantitative estimate of drug-likeness (QED) is 0.108. The molecule has 254 valence electrons. The van der Waals surface area contributed by atoms with E-state index in [9.17, 15) is 24.8 Å². The number of amides is 2. The Bertz CT molecular complexity index is 2190. The van der Waals surface area contributed by atoms with Crippen molar-refractivity contribution in [1.29, 1.82) is 0 Å². The number of nitrogens with zero attached hydrogens (tertiary/aromatic N) is 2. The lowest BCUT2D eigenvalue weighted by Crippen LogP contribution is -2.58. The zero-order valence-electron chi connectivity index (χ0n) is 27.5. The van der Waals surface area contributed by atoms with Gasteiger partial charge in [-0.2, -0.15) is 0 Å². The van der Waals surface area contributed by atoms with Gasteiger partial charge in [-0.1, -0.05) is 78.4 Å². The number of benzene rings is 4. The van der Waals surface area contributed by atoms with Crippen molar-refractivity contribution in [3.05, 3.63) is 148 Å². The Labute approximate surface area is 292 Å². The molecule has 4 aliphatic rings. The number of anilines is 1. The molecule has 0 spiro atoms. The zero-order chi connectivity index (χ0) is 35.6. The number of methoxy groups -OCH3 is 1. The van der Waals surface area contributed by atoms with Crippen LogP contribution in [0.25, 0.3) is 5.57 Å². The number of allylic oxidation sites excluding steroid dienone is 4. The second-order valence-electron chi connectivity index (χ2n) is 13.5. The summed E-state index contributed by atoms with van der Waals surface area (Å²) in [7, 11) is 1.47. The molecule has 10 nitrogen and oxygen atoms in total. The number of phenolic OH excluding ortho intramolecular Hbond substituents is 1. The van der Waals surface area contributed by atoms with E-state index < -0.39 is 51.7 Å². The molecule has 2 fully saturated rings. The maximum Gasteiger partial charge on any atom is 0.269 e. The Morgan fingerprint density at radius 3 is 2.22 bits per heavy atom. The van der Waals surface area contributed by atoms with Crippen LogP contribution < -0.4 is 9.64 Å². The molecule has 6 atom stereocenters. The molecular formula is C41H32N2O8. The Morgan fingerprint density at radius 2 is 1.55 bits per heavy atom. The van der Waals surface area contributed by atoms with E-state index in [4.69, 9.17) is 4.74 Å². The van der Waals surface area contributed by atoms with Gasteiger partial charge in [-0.15, -0.1) is 0 Å². The van der Waals surface area contributed by atoms with Crippen molar-refractivity contribution < 1.29 is 33.9 Å². The number of carbonyl (C=O) groups excluding carboxylic acids is 4. The van der Waals surface area contributed by atoms with Gasteiger partial charge in [0.2, 0.25) is 11.8 Å². The van der Waals surface area contributed by atoms with Crippen molar-refractivity contribution in [3.8, 4) is 11.5 Å². The monoisotopic (exact) mass is 680 g/mol. The Morgan fingerprint density at radius 1 is 0.863 bits per heavy atom. The van der Waals surface area contributed by atoms with Crippen LogP contribution in [0.3, 0.4) is 0 Å². The highest BCUT2D eigenvalue weighted by Crippen LogP contribution is 2.64. The van der Waals surface area contributed by atoms with Gasteiger partial charge >= 0.3 is 0 Å². The molecule has 4 aromatic rings. The van der Waals surface area contributed by atoms with E-state index in [2.05, 4.69) is 0 Å². The predicted molar refractivity (Wildman–Crippen MR) is 187 cm³/mol. The molecule has 1 N–H and O–H groups in total. The number of Topliss-reactive ketones (excluding diaryl/α,β-unsaturated/α-hetero) is 1. The molecule has 1 saturated carbocycles. The van der Waals surface area contributed by atoms with Crippen LogP contribution in [0.15, 0.2) is 121 Å². The normalized spacial score (nSPS) is 26.8. The van der Waals surface area contributed by atoms with Gasteiger partial charge in [0, 0.05) is 41.2 Å². The van der Waals surface area contributed by atoms with Gasteiger partial charge in [0.15, 0.2) is 11.6 Å². The van der Waals surface area contributed by atoms with E-state index >= 15 is 9.59 Å². The van der Waals surface area contributed by atoms with Crippen LogP contribution in [0, 0.1) is 33.8 Å². The van der Waals surface area contributed by atoms with Crippen LogP contribution in [-0.4, -0.2) is 40.5 Å². The van der Waals surface area contributed by atoms with Crippen molar-refractivity contribution in [2.45, 2.75) is 24.2 Å². The van der Waals surface area contributed by atoms with Gasteiger partial charge in [0.05, 0.1) is 35.0 Å². The minimum Gasteiger partial charge on any atom is -0.508 e. The lowest BCUT2D eigenvalue weighted by Gasteiger charge is -2.55. The Hall–Kier alpha value is -6.16. The fourth-order valence-corrected chi connectivity index (χ4v) is 9.13. The summed E-state index contributed by atoms with van der Waals surface area (Å²) < 4.78 is 5.82. The first-order chi connectivity index (χ1) is 24.7. The first kappa shape index (κ1) is 32.1. The second kappa shape index (κ2) is 12.0. The molecule has 10 heteroatoms. The highest BCUT2D eigenvalue weighted by Gasteiger charge is 2.66. The van der Waals surface area contributed by atoms with Crippen LogP contribution >= 0.6 is 0 Å². The summed E-state index contributed by atoms with van der Waals surface area (Å²) in [6.45, 7) is 0. The summed E-state index contributed by atoms with van der Waals surface area (Å²) in [5.41, 5.74) is 1.47. The second-order valence-corrected chi connectivity index (χ2v) is 13.5. The van der Waals surface area contributed by atoms with E-state index in [1.165, 1.54) is 49.6 Å². The Balaban J connectivity index is 1.35. The molecule has 0 radical (unpaired) electrons. The van der Waals surface area contributed by atoms with Gasteiger partial charge in [0.1, 0.15) is 11.5 Å². The number of nitro groups is 1. The fourth-order valence-electron chi connectivity index (χ4n) is 9.13. The first-order valence-corrected chi connectivity index (χ1v) is 16.8. The van der Waals surface area contributed by atoms with Gasteiger partial charge in [0.25, 0.3) is 5.69 Å². The third-order valence-electron chi connectivity index (χ3n) is 11.2. The molecule has 0 aromatic heterocycles. The molecular weight excluding hydrogens is 648 g/mol. The minimum absolute atomic E-state index is 0.0430. The largest absolute Gasteiger partial charge is 0.508 e. The number of non-ortho nitro benzene ring substituents is 1. The van der Waals surface area contributed by atoms with Crippen molar-refractivity contribution in [2.75, 3.05) is 12.0 Å². The molecule has 1 saturated heterocycles. The number of fused-ring (bicyclic) bond motifs is 4. The van der Waals surface area contributed by atoms with Crippen molar-refractivity contribution in [2.24, 2.45) is 23.7 Å². The number of imide groups is 1. The van der Waals surface area contributed by atoms with Crippen molar-refractivity contribution in [1.82, 2.24) is 0 Å². The van der Waals surface area contributed by atoms with Crippen LogP contribution in [0.4, 0.5) is 11.4 Å². The number of ether oxygens (including phenoxy) is 1. The van der Waals surface area contributed by atoms with E-state index in [0.717, 1.165) is 10.5 Å². The standard InChI is InChI=1S/C41H32N2O8/c1-51-34-20-27(44)16-17-29(34)37-28-18-19-30-36(40(48)42(39(30)47)25-12-14-26(15-13-25)43(49)50)32(28)21-33-38(46)31(23-8-4-2-5-9-23)22-35(45)41(33,37)24-10-6-3-7-11-24/h2-18,20,22,30,32-33,36-37,44H,19,21H2,1H3/t30-,32+,33-,36-,37+,41-/m0/s1. The van der Waals surface area contributed by atoms with E-state index in [-0.39, 0.29) is 47.1 Å². The number of nitro benzene ring substituents is 1.